The molecule has 1 aromatic heterocycles. The minimum atomic E-state index is -3.83. The summed E-state index contributed by atoms with van der Waals surface area (Å²) < 4.78 is 31.2. The second-order valence-corrected chi connectivity index (χ2v) is 8.70. The maximum absolute atomic E-state index is 12.8. The average molecular weight is 439 g/mol. The van der Waals surface area contributed by atoms with Crippen molar-refractivity contribution in [3.63, 3.8) is 0 Å². The van der Waals surface area contributed by atoms with Gasteiger partial charge in [0.1, 0.15) is 0 Å². The van der Waals surface area contributed by atoms with Gasteiger partial charge in [0.05, 0.1) is 12.0 Å². The molecule has 3 aromatic rings. The van der Waals surface area contributed by atoms with Crippen LogP contribution in [0.3, 0.4) is 0 Å². The van der Waals surface area contributed by atoms with E-state index < -0.39 is 16.0 Å². The third-order valence-corrected chi connectivity index (χ3v) is 5.51. The summed E-state index contributed by atoms with van der Waals surface area (Å²) in [5.41, 5.74) is 0.476. The van der Waals surface area contributed by atoms with E-state index in [9.17, 15) is 13.2 Å². The molecule has 8 heteroatoms. The Labute approximate surface area is 194 Å². The average Bonchev–Trinajstić information content (AvgIpc) is 3.08. The molecule has 0 bridgehead atoms. The molecule has 0 fully saturated rings. The van der Waals surface area contributed by atoms with Crippen molar-refractivity contribution in [2.24, 2.45) is 0 Å². The number of hydrogen-bond donors (Lipinski definition) is 0. The number of rotatable bonds is 5. The molecular formula is C22H26MgN2O4S. The van der Waals surface area contributed by atoms with Crippen LogP contribution in [-0.4, -0.2) is 60.6 Å². The van der Waals surface area contributed by atoms with Crippen LogP contribution in [0.4, 0.5) is 0 Å². The summed E-state index contributed by atoms with van der Waals surface area (Å²) in [5.74, 6) is -0.627. The summed E-state index contributed by atoms with van der Waals surface area (Å²) in [5, 5.41) is 4.76. The summed E-state index contributed by atoms with van der Waals surface area (Å²) in [6, 6.07) is 15.7. The molecule has 156 valence electrons. The van der Waals surface area contributed by atoms with Crippen LogP contribution in [0.2, 0.25) is 0 Å². The smallest absolute Gasteiger partial charge is 0.658 e. The third kappa shape index (κ3) is 6.31. The van der Waals surface area contributed by atoms with Gasteiger partial charge in [-0.1, -0.05) is 69.6 Å². The van der Waals surface area contributed by atoms with Gasteiger partial charge >= 0.3 is 23.1 Å². The van der Waals surface area contributed by atoms with Crippen molar-refractivity contribution in [3.8, 4) is 0 Å². The quantitative estimate of drug-likeness (QED) is 0.338. The second kappa shape index (κ2) is 11.5. The molecule has 30 heavy (non-hydrogen) atoms. The molecular weight excluding hydrogens is 413 g/mol. The molecule has 0 aliphatic carbocycles. The summed E-state index contributed by atoms with van der Waals surface area (Å²) in [6.07, 6.45) is 2.63. The molecule has 1 heterocycles. The number of aromatic nitrogens is 1. The van der Waals surface area contributed by atoms with Gasteiger partial charge in [-0.05, 0) is 23.9 Å². The van der Waals surface area contributed by atoms with Crippen LogP contribution in [0.15, 0.2) is 59.5 Å². The van der Waals surface area contributed by atoms with Gasteiger partial charge in [0.15, 0.2) is 0 Å². The van der Waals surface area contributed by atoms with Crippen molar-refractivity contribution in [2.45, 2.75) is 44.7 Å². The molecule has 0 saturated heterocycles. The zero-order valence-corrected chi connectivity index (χ0v) is 20.2. The Kier molecular flexibility index (Phi) is 10.0. The molecule has 0 amide bonds. The third-order valence-electron chi connectivity index (χ3n) is 3.87. The van der Waals surface area contributed by atoms with Crippen LogP contribution in [-0.2, 0) is 14.8 Å². The van der Waals surface area contributed by atoms with Crippen LogP contribution in [0.1, 0.15) is 38.1 Å². The Morgan fingerprint density at radius 2 is 1.50 bits per heavy atom. The molecule has 0 aliphatic rings. The van der Waals surface area contributed by atoms with Gasteiger partial charge in [0.2, 0.25) is 0 Å². The van der Waals surface area contributed by atoms with Crippen LogP contribution >= 0.6 is 0 Å². The number of nitrogens with zero attached hydrogens (tertiary/aromatic N) is 2. The number of fused-ring (bicyclic) bond motifs is 1. The summed E-state index contributed by atoms with van der Waals surface area (Å²) >= 11 is 0. The molecule has 0 spiro atoms. The van der Waals surface area contributed by atoms with Crippen molar-refractivity contribution in [2.75, 3.05) is 7.11 Å². The predicted octanol–water partition coefficient (Wildman–Crippen LogP) is 4.26. The van der Waals surface area contributed by atoms with Gasteiger partial charge in [0, 0.05) is 0 Å². The predicted molar refractivity (Wildman–Crippen MR) is 121 cm³/mol. The van der Waals surface area contributed by atoms with Crippen LogP contribution in [0, 0.1) is 6.20 Å². The molecule has 0 saturated carbocycles. The van der Waals surface area contributed by atoms with Gasteiger partial charge < -0.3 is 18.8 Å². The van der Waals surface area contributed by atoms with E-state index in [1.165, 1.54) is 19.2 Å². The standard InChI is InChI=1S/C16H12NO4S.C6H14N.Mg/c1-21-16(18)14-11-17(15-10-6-5-9-13(14)15)22(19,20)12-7-3-2-4-8-12;1-5(2)7-6(3)4;/h2-10H,1H3;5-6H,1-4H3;/q2*-1;+2. The summed E-state index contributed by atoms with van der Waals surface area (Å²) in [4.78, 5) is 12.0. The Balaban J connectivity index is 0.000000489. The van der Waals surface area contributed by atoms with Gasteiger partial charge in [-0.3, -0.25) is 0 Å². The maximum atomic E-state index is 12.8. The molecule has 0 N–H and O–H groups in total. The fourth-order valence-corrected chi connectivity index (χ4v) is 4.17. The number of benzene rings is 2. The number of carbonyl (C=O) groups is 1. The normalized spacial score (nSPS) is 11.0. The molecule has 3 rings (SSSR count). The minimum Gasteiger partial charge on any atom is -0.658 e. The van der Waals surface area contributed by atoms with E-state index >= 15 is 0 Å². The second-order valence-electron chi connectivity index (χ2n) is 6.91. The van der Waals surface area contributed by atoms with Crippen molar-refractivity contribution < 1.29 is 17.9 Å². The van der Waals surface area contributed by atoms with Crippen molar-refractivity contribution in [3.05, 3.63) is 71.7 Å². The number of esters is 1. The number of para-hydroxylation sites is 1. The van der Waals surface area contributed by atoms with E-state index in [0.29, 0.717) is 23.0 Å². The number of ether oxygens (including phenoxy) is 1. The van der Waals surface area contributed by atoms with Gasteiger partial charge in [-0.25, -0.2) is 8.42 Å². The topological polar surface area (TPSA) is 79.5 Å². The molecule has 0 unspecified atom stereocenters. The number of methoxy groups -OCH3 is 1. The van der Waals surface area contributed by atoms with Gasteiger partial charge in [-0.15, -0.1) is 23.5 Å². The van der Waals surface area contributed by atoms with Crippen molar-refractivity contribution in [1.82, 2.24) is 3.97 Å². The Morgan fingerprint density at radius 3 is 2.00 bits per heavy atom. The Hall–Kier alpha value is -1.87. The van der Waals surface area contributed by atoms with Gasteiger partial charge in [0.25, 0.3) is 16.0 Å². The first-order chi connectivity index (χ1) is 13.7. The molecule has 2 aromatic carbocycles. The summed E-state index contributed by atoms with van der Waals surface area (Å²) in [7, 11) is -2.59. The van der Waals surface area contributed by atoms with Crippen LogP contribution < -0.4 is 0 Å². The first-order valence-corrected chi connectivity index (χ1v) is 10.7. The Bertz CT molecular complexity index is 1060. The first kappa shape index (κ1) is 26.2. The zero-order valence-electron chi connectivity index (χ0n) is 18.0. The van der Waals surface area contributed by atoms with E-state index in [1.54, 1.807) is 42.5 Å². The first-order valence-electron chi connectivity index (χ1n) is 9.30. The number of hydrogen-bond acceptors (Lipinski definition) is 4. The fourth-order valence-electron chi connectivity index (χ4n) is 2.83. The maximum Gasteiger partial charge on any atom is 2.00 e. The fraction of sp³-hybridized carbons (Fsp3) is 0.318. The van der Waals surface area contributed by atoms with Crippen molar-refractivity contribution >= 4 is 49.9 Å². The molecule has 0 radical (unpaired) electrons. The van der Waals surface area contributed by atoms with Crippen LogP contribution in [0.5, 0.6) is 0 Å². The van der Waals surface area contributed by atoms with E-state index in [0.717, 1.165) is 3.97 Å². The molecule has 0 aliphatic heterocycles. The SMILES string of the molecule is CC(C)[N-]C(C)C.COC(=O)c1[c-]n(S(=O)(=O)c2ccccc2)c2ccccc12.[Mg+2]. The van der Waals surface area contributed by atoms with E-state index in [4.69, 9.17) is 4.74 Å². The van der Waals surface area contributed by atoms with Gasteiger partial charge in [-0.2, -0.15) is 0 Å². The minimum absolute atomic E-state index is 0. The van der Waals surface area contributed by atoms with E-state index in [1.807, 2.05) is 0 Å². The van der Waals surface area contributed by atoms with Crippen molar-refractivity contribution in [1.29, 1.82) is 0 Å². The van der Waals surface area contributed by atoms with E-state index in [-0.39, 0.29) is 33.5 Å². The Morgan fingerprint density at radius 1 is 0.967 bits per heavy atom. The zero-order chi connectivity index (χ0) is 21.6. The monoisotopic (exact) mass is 438 g/mol. The van der Waals surface area contributed by atoms with Crippen LogP contribution in [0.25, 0.3) is 16.2 Å². The van der Waals surface area contributed by atoms with E-state index in [2.05, 4.69) is 39.2 Å². The molecule has 6 nitrogen and oxygen atoms in total. The number of carbonyl (C=O) groups excluding carboxylic acids is 1. The molecule has 0 atom stereocenters. The summed E-state index contributed by atoms with van der Waals surface area (Å²) in [6.45, 7) is 8.39. The largest absolute Gasteiger partial charge is 2.00 e.